The van der Waals surface area contributed by atoms with Crippen molar-refractivity contribution in [1.82, 2.24) is 4.90 Å². The molecular weight excluding hydrogens is 214 g/mol. The number of sulfone groups is 1. The lowest BCUT2D eigenvalue weighted by Crippen LogP contribution is -2.44. The van der Waals surface area contributed by atoms with Crippen molar-refractivity contribution < 1.29 is 8.42 Å². The van der Waals surface area contributed by atoms with Gasteiger partial charge < -0.3 is 10.6 Å². The van der Waals surface area contributed by atoms with E-state index in [1.54, 1.807) is 6.92 Å². The fourth-order valence-electron chi connectivity index (χ4n) is 1.42. The van der Waals surface area contributed by atoms with Crippen molar-refractivity contribution in [2.24, 2.45) is 5.73 Å². The van der Waals surface area contributed by atoms with E-state index in [2.05, 4.69) is 0 Å². The van der Waals surface area contributed by atoms with Crippen LogP contribution >= 0.6 is 0 Å². The Morgan fingerprint density at radius 1 is 1.47 bits per heavy atom. The molecule has 0 aliphatic carbocycles. The second-order valence-electron chi connectivity index (χ2n) is 4.27. The highest BCUT2D eigenvalue weighted by Crippen LogP contribution is 2.09. The molecule has 5 nitrogen and oxygen atoms in total. The summed E-state index contributed by atoms with van der Waals surface area (Å²) in [4.78, 5) is 2.05. The molecule has 1 heterocycles. The van der Waals surface area contributed by atoms with Crippen molar-refractivity contribution in [1.29, 1.82) is 5.26 Å². The predicted molar refractivity (Wildman–Crippen MR) is 57.9 cm³/mol. The first kappa shape index (κ1) is 12.4. The van der Waals surface area contributed by atoms with Gasteiger partial charge in [-0.3, -0.25) is 0 Å². The fourth-order valence-corrected chi connectivity index (χ4v) is 2.70. The van der Waals surface area contributed by atoms with Gasteiger partial charge in [0, 0.05) is 19.6 Å². The molecule has 1 fully saturated rings. The maximum Gasteiger partial charge on any atom is 0.152 e. The average Bonchev–Trinajstić information content (AvgIpc) is 2.16. The maximum absolute atomic E-state index is 11.1. The summed E-state index contributed by atoms with van der Waals surface area (Å²) < 4.78 is 22.3. The molecule has 2 N–H and O–H groups in total. The summed E-state index contributed by atoms with van der Waals surface area (Å²) in [5.41, 5.74) is 4.87. The smallest absolute Gasteiger partial charge is 0.152 e. The number of hydrogen-bond donors (Lipinski definition) is 1. The number of nitrogens with zero attached hydrogens (tertiary/aromatic N) is 2. The van der Waals surface area contributed by atoms with Crippen LogP contribution in [0.25, 0.3) is 0 Å². The summed E-state index contributed by atoms with van der Waals surface area (Å²) in [5, 5.41) is 8.72. The Morgan fingerprint density at radius 2 is 2.00 bits per heavy atom. The van der Waals surface area contributed by atoms with E-state index in [0.29, 0.717) is 26.1 Å². The Hall–Kier alpha value is -0.640. The molecule has 1 aliphatic heterocycles. The van der Waals surface area contributed by atoms with Gasteiger partial charge >= 0.3 is 0 Å². The summed E-state index contributed by atoms with van der Waals surface area (Å²) in [5.74, 6) is 0.446. The Bertz CT molecular complexity index is 342. The minimum absolute atomic E-state index is 0.223. The normalized spacial score (nSPS) is 25.4. The monoisotopic (exact) mass is 231 g/mol. The fraction of sp³-hybridized carbons (Fsp3) is 0.889. The molecule has 1 rings (SSSR count). The summed E-state index contributed by atoms with van der Waals surface area (Å²) in [6, 6.07) is 2.03. The molecule has 0 amide bonds. The zero-order chi connectivity index (χ0) is 11.5. The van der Waals surface area contributed by atoms with Gasteiger partial charge in [-0.2, -0.15) is 5.26 Å². The van der Waals surface area contributed by atoms with Crippen LogP contribution in [-0.2, 0) is 9.84 Å². The number of rotatable bonds is 3. The zero-order valence-corrected chi connectivity index (χ0v) is 9.76. The molecule has 6 heteroatoms. The van der Waals surface area contributed by atoms with E-state index in [0.717, 1.165) is 0 Å². The molecule has 0 aromatic carbocycles. The number of nitriles is 1. The van der Waals surface area contributed by atoms with E-state index in [9.17, 15) is 8.42 Å². The van der Waals surface area contributed by atoms with Crippen LogP contribution in [-0.4, -0.2) is 50.0 Å². The molecule has 0 spiro atoms. The first-order valence-corrected chi connectivity index (χ1v) is 6.80. The van der Waals surface area contributed by atoms with Crippen LogP contribution < -0.4 is 5.73 Å². The van der Waals surface area contributed by atoms with Gasteiger partial charge in [-0.1, -0.05) is 0 Å². The zero-order valence-electron chi connectivity index (χ0n) is 8.94. The van der Waals surface area contributed by atoms with Crippen LogP contribution in [0, 0.1) is 11.3 Å². The van der Waals surface area contributed by atoms with Crippen molar-refractivity contribution in [2.75, 3.05) is 31.1 Å². The van der Waals surface area contributed by atoms with Gasteiger partial charge in [-0.15, -0.1) is 0 Å². The predicted octanol–water partition coefficient (Wildman–Crippen LogP) is -0.652. The summed E-state index contributed by atoms with van der Waals surface area (Å²) >= 11 is 0. The second kappa shape index (κ2) is 4.47. The van der Waals surface area contributed by atoms with Crippen LogP contribution in [0.4, 0.5) is 0 Å². The lowest BCUT2D eigenvalue weighted by Gasteiger charge is -2.28. The maximum atomic E-state index is 11.1. The van der Waals surface area contributed by atoms with Gasteiger partial charge in [0.15, 0.2) is 9.84 Å². The van der Waals surface area contributed by atoms with Gasteiger partial charge in [-0.05, 0) is 13.3 Å². The molecule has 1 atom stereocenters. The van der Waals surface area contributed by atoms with E-state index < -0.39 is 15.4 Å². The molecule has 0 bridgehead atoms. The van der Waals surface area contributed by atoms with Gasteiger partial charge in [0.2, 0.25) is 0 Å². The van der Waals surface area contributed by atoms with Crippen LogP contribution in [0.1, 0.15) is 13.3 Å². The third kappa shape index (κ3) is 4.16. The molecule has 86 valence electrons. The third-order valence-electron chi connectivity index (χ3n) is 2.64. The minimum Gasteiger partial charge on any atom is -0.314 e. The third-order valence-corrected chi connectivity index (χ3v) is 4.25. The number of hydrogen-bond acceptors (Lipinski definition) is 5. The van der Waals surface area contributed by atoms with Gasteiger partial charge in [0.1, 0.15) is 5.54 Å². The van der Waals surface area contributed by atoms with Crippen LogP contribution in [0.3, 0.4) is 0 Å². The first-order valence-electron chi connectivity index (χ1n) is 4.98. The van der Waals surface area contributed by atoms with E-state index in [-0.39, 0.29) is 11.5 Å². The van der Waals surface area contributed by atoms with Gasteiger partial charge in [0.05, 0.1) is 17.6 Å². The van der Waals surface area contributed by atoms with Crippen LogP contribution in [0.2, 0.25) is 0 Å². The largest absolute Gasteiger partial charge is 0.314 e. The molecule has 0 saturated carbocycles. The summed E-state index contributed by atoms with van der Waals surface area (Å²) in [6.45, 7) is 3.50. The van der Waals surface area contributed by atoms with E-state index in [1.165, 1.54) is 0 Å². The van der Waals surface area contributed by atoms with Gasteiger partial charge in [-0.25, -0.2) is 8.42 Å². The highest BCUT2D eigenvalue weighted by atomic mass is 32.2. The van der Waals surface area contributed by atoms with E-state index >= 15 is 0 Å². The van der Waals surface area contributed by atoms with Crippen molar-refractivity contribution in [3.63, 3.8) is 0 Å². The lowest BCUT2D eigenvalue weighted by molar-refractivity contribution is 0.275. The molecule has 1 saturated heterocycles. The Morgan fingerprint density at radius 3 is 2.47 bits per heavy atom. The Kier molecular flexibility index (Phi) is 3.71. The standard InChI is InChI=1S/C9H17N3O2S/c1-9(11,8-10)2-3-12-4-6-15(13,14)7-5-12/h2-7,11H2,1H3. The van der Waals surface area contributed by atoms with E-state index in [4.69, 9.17) is 11.0 Å². The molecule has 15 heavy (non-hydrogen) atoms. The van der Waals surface area contributed by atoms with Crippen molar-refractivity contribution >= 4 is 9.84 Å². The second-order valence-corrected chi connectivity index (χ2v) is 6.58. The molecule has 1 aliphatic rings. The first-order chi connectivity index (χ1) is 6.85. The van der Waals surface area contributed by atoms with Gasteiger partial charge in [0.25, 0.3) is 0 Å². The quantitative estimate of drug-likeness (QED) is 0.697. The summed E-state index contributed by atoms with van der Waals surface area (Å²) in [6.07, 6.45) is 0.573. The van der Waals surface area contributed by atoms with E-state index in [1.807, 2.05) is 11.0 Å². The average molecular weight is 231 g/mol. The topological polar surface area (TPSA) is 87.2 Å². The minimum atomic E-state index is -2.81. The lowest BCUT2D eigenvalue weighted by atomic mass is 10.0. The highest BCUT2D eigenvalue weighted by Gasteiger charge is 2.24. The molecule has 0 aromatic heterocycles. The number of nitrogens with two attached hydrogens (primary N) is 1. The van der Waals surface area contributed by atoms with Crippen LogP contribution in [0.5, 0.6) is 0 Å². The summed E-state index contributed by atoms with van der Waals surface area (Å²) in [7, 11) is -2.81. The Labute approximate surface area is 90.8 Å². The van der Waals surface area contributed by atoms with Crippen molar-refractivity contribution in [2.45, 2.75) is 18.9 Å². The highest BCUT2D eigenvalue weighted by molar-refractivity contribution is 7.91. The Balaban J connectivity index is 2.35. The van der Waals surface area contributed by atoms with Crippen LogP contribution in [0.15, 0.2) is 0 Å². The molecule has 1 unspecified atom stereocenters. The van der Waals surface area contributed by atoms with Crippen molar-refractivity contribution in [3.8, 4) is 6.07 Å². The molecular formula is C9H17N3O2S. The SMILES string of the molecule is CC(N)(C#N)CCN1CCS(=O)(=O)CC1. The molecule has 0 aromatic rings. The molecule has 0 radical (unpaired) electrons. The van der Waals surface area contributed by atoms with Crippen molar-refractivity contribution in [3.05, 3.63) is 0 Å².